The van der Waals surface area contributed by atoms with Gasteiger partial charge in [0, 0.05) is 43.3 Å². The molecule has 0 radical (unpaired) electrons. The van der Waals surface area contributed by atoms with Crippen LogP contribution in [-0.2, 0) is 6.42 Å². The van der Waals surface area contributed by atoms with Crippen molar-refractivity contribution in [2.75, 3.05) is 29.9 Å². The molecule has 0 aliphatic carbocycles. The molecule has 1 saturated heterocycles. The van der Waals surface area contributed by atoms with Crippen LogP contribution >= 0.6 is 11.5 Å². The Morgan fingerprint density at radius 3 is 2.56 bits per heavy atom. The first kappa shape index (κ1) is 21.8. The molecule has 0 atom stereocenters. The van der Waals surface area contributed by atoms with Crippen LogP contribution in [0.25, 0.3) is 0 Å². The van der Waals surface area contributed by atoms with Gasteiger partial charge < -0.3 is 15.5 Å². The fourth-order valence-corrected chi connectivity index (χ4v) is 4.44. The Labute approximate surface area is 192 Å². The Kier molecular flexibility index (Phi) is 6.97. The van der Waals surface area contributed by atoms with E-state index in [2.05, 4.69) is 57.2 Å². The molecule has 1 aliphatic heterocycles. The van der Waals surface area contributed by atoms with Crippen LogP contribution in [0.15, 0.2) is 48.5 Å². The SMILES string of the molecule is Cc1ccc(Cc2nsc(N3CCC(CNC(=O)Nc4ccc(C#N)cc4)CC3)n2)cc1. The van der Waals surface area contributed by atoms with Gasteiger partial charge >= 0.3 is 6.03 Å². The topological polar surface area (TPSA) is 93.9 Å². The molecule has 1 aromatic heterocycles. The molecule has 2 heterocycles. The lowest BCUT2D eigenvalue weighted by molar-refractivity contribution is 0.248. The Morgan fingerprint density at radius 1 is 1.16 bits per heavy atom. The third kappa shape index (κ3) is 5.83. The standard InChI is InChI=1S/C24H26N6OS/c1-17-2-4-18(5-3-17)14-22-28-24(32-29-22)30-12-10-20(11-13-30)16-26-23(31)27-21-8-6-19(15-25)7-9-21/h2-9,20H,10-14,16H2,1H3,(H2,26,27,31). The summed E-state index contributed by atoms with van der Waals surface area (Å²) < 4.78 is 4.54. The molecule has 0 unspecified atom stereocenters. The van der Waals surface area contributed by atoms with Crippen LogP contribution in [0.3, 0.4) is 0 Å². The molecule has 8 heteroatoms. The predicted molar refractivity (Wildman–Crippen MR) is 127 cm³/mol. The summed E-state index contributed by atoms with van der Waals surface area (Å²) in [6.45, 7) is 4.57. The number of amides is 2. The zero-order valence-corrected chi connectivity index (χ0v) is 18.9. The van der Waals surface area contributed by atoms with Gasteiger partial charge in [-0.05, 0) is 55.5 Å². The Balaban J connectivity index is 1.20. The van der Waals surface area contributed by atoms with Gasteiger partial charge in [0.2, 0.25) is 5.13 Å². The number of nitrogens with zero attached hydrogens (tertiary/aromatic N) is 4. The zero-order chi connectivity index (χ0) is 22.3. The second-order valence-corrected chi connectivity index (χ2v) is 8.84. The number of piperidine rings is 1. The summed E-state index contributed by atoms with van der Waals surface area (Å²) in [6, 6.07) is 17.2. The molecule has 32 heavy (non-hydrogen) atoms. The van der Waals surface area contributed by atoms with Crippen LogP contribution < -0.4 is 15.5 Å². The average Bonchev–Trinajstić information content (AvgIpc) is 3.28. The molecule has 7 nitrogen and oxygen atoms in total. The lowest BCUT2D eigenvalue weighted by atomic mass is 9.97. The quantitative estimate of drug-likeness (QED) is 0.587. The van der Waals surface area contributed by atoms with Gasteiger partial charge in [-0.25, -0.2) is 9.78 Å². The molecular formula is C24H26N6OS. The highest BCUT2D eigenvalue weighted by Gasteiger charge is 2.22. The average molecular weight is 447 g/mol. The number of hydrogen-bond acceptors (Lipinski definition) is 6. The molecule has 1 fully saturated rings. The molecular weight excluding hydrogens is 420 g/mol. The molecule has 0 saturated carbocycles. The van der Waals surface area contributed by atoms with Crippen molar-refractivity contribution < 1.29 is 4.79 Å². The summed E-state index contributed by atoms with van der Waals surface area (Å²) in [4.78, 5) is 19.2. The van der Waals surface area contributed by atoms with Crippen molar-refractivity contribution in [3.05, 3.63) is 71.0 Å². The van der Waals surface area contributed by atoms with E-state index in [4.69, 9.17) is 10.2 Å². The largest absolute Gasteiger partial charge is 0.347 e. The number of anilines is 2. The number of benzene rings is 2. The van der Waals surface area contributed by atoms with E-state index in [0.29, 0.717) is 23.7 Å². The van der Waals surface area contributed by atoms with Crippen LogP contribution in [0.5, 0.6) is 0 Å². The van der Waals surface area contributed by atoms with Crippen molar-refractivity contribution in [3.8, 4) is 6.07 Å². The molecule has 3 aromatic rings. The molecule has 4 rings (SSSR count). The normalized spacial score (nSPS) is 14.1. The lowest BCUT2D eigenvalue weighted by Gasteiger charge is -2.31. The van der Waals surface area contributed by atoms with Gasteiger partial charge in [0.05, 0.1) is 11.6 Å². The van der Waals surface area contributed by atoms with Gasteiger partial charge in [-0.15, -0.1) is 0 Å². The van der Waals surface area contributed by atoms with E-state index >= 15 is 0 Å². The summed E-state index contributed by atoms with van der Waals surface area (Å²) in [6.07, 6.45) is 2.76. The number of aryl methyl sites for hydroxylation is 1. The third-order valence-electron chi connectivity index (χ3n) is 5.65. The third-order valence-corrected chi connectivity index (χ3v) is 6.46. The molecule has 0 bridgehead atoms. The van der Waals surface area contributed by atoms with Gasteiger partial charge in [-0.1, -0.05) is 29.8 Å². The Bertz CT molecular complexity index is 1080. The Morgan fingerprint density at radius 2 is 1.88 bits per heavy atom. The number of hydrogen-bond donors (Lipinski definition) is 2. The monoisotopic (exact) mass is 446 g/mol. The first-order chi connectivity index (χ1) is 15.6. The van der Waals surface area contributed by atoms with Crippen molar-refractivity contribution in [3.63, 3.8) is 0 Å². The summed E-state index contributed by atoms with van der Waals surface area (Å²) in [5, 5.41) is 15.6. The van der Waals surface area contributed by atoms with Gasteiger partial charge in [-0.2, -0.15) is 9.64 Å². The van der Waals surface area contributed by atoms with Crippen LogP contribution in [0.1, 0.15) is 35.4 Å². The number of carbonyl (C=O) groups is 1. The maximum absolute atomic E-state index is 12.2. The Hall–Kier alpha value is -3.44. The van der Waals surface area contributed by atoms with Gasteiger partial charge in [0.15, 0.2) is 0 Å². The van der Waals surface area contributed by atoms with Crippen LogP contribution in [0, 0.1) is 24.2 Å². The van der Waals surface area contributed by atoms with E-state index in [1.54, 1.807) is 24.3 Å². The van der Waals surface area contributed by atoms with Crippen LogP contribution in [-0.4, -0.2) is 35.0 Å². The van der Waals surface area contributed by atoms with E-state index in [0.717, 1.165) is 43.3 Å². The fourth-order valence-electron chi connectivity index (χ4n) is 3.70. The lowest BCUT2D eigenvalue weighted by Crippen LogP contribution is -2.39. The van der Waals surface area contributed by atoms with Gasteiger partial charge in [-0.3, -0.25) is 0 Å². The minimum atomic E-state index is -0.220. The van der Waals surface area contributed by atoms with Crippen molar-refractivity contribution in [2.45, 2.75) is 26.2 Å². The number of carbonyl (C=O) groups excluding carboxylic acids is 1. The number of aromatic nitrogens is 2. The molecule has 0 spiro atoms. The summed E-state index contributed by atoms with van der Waals surface area (Å²) >= 11 is 1.47. The summed E-state index contributed by atoms with van der Waals surface area (Å²) in [5.74, 6) is 1.31. The number of nitriles is 1. The molecule has 2 amide bonds. The second kappa shape index (κ2) is 10.2. The molecule has 2 N–H and O–H groups in total. The van der Waals surface area contributed by atoms with Crippen molar-refractivity contribution >= 4 is 28.4 Å². The first-order valence-corrected chi connectivity index (χ1v) is 11.5. The second-order valence-electron chi connectivity index (χ2n) is 8.11. The number of nitrogens with one attached hydrogen (secondary N) is 2. The highest BCUT2D eigenvalue weighted by molar-refractivity contribution is 7.09. The molecule has 164 valence electrons. The van der Waals surface area contributed by atoms with Crippen molar-refractivity contribution in [1.29, 1.82) is 5.26 Å². The van der Waals surface area contributed by atoms with E-state index in [-0.39, 0.29) is 6.03 Å². The maximum Gasteiger partial charge on any atom is 0.319 e. The van der Waals surface area contributed by atoms with Crippen LogP contribution in [0.4, 0.5) is 15.6 Å². The van der Waals surface area contributed by atoms with Gasteiger partial charge in [0.1, 0.15) is 5.82 Å². The van der Waals surface area contributed by atoms with E-state index in [1.165, 1.54) is 22.7 Å². The van der Waals surface area contributed by atoms with Gasteiger partial charge in [0.25, 0.3) is 0 Å². The van der Waals surface area contributed by atoms with Crippen LogP contribution in [0.2, 0.25) is 0 Å². The summed E-state index contributed by atoms with van der Waals surface area (Å²) in [5.41, 5.74) is 3.73. The highest BCUT2D eigenvalue weighted by Crippen LogP contribution is 2.25. The molecule has 1 aliphatic rings. The van der Waals surface area contributed by atoms with Crippen molar-refractivity contribution in [1.82, 2.24) is 14.7 Å². The number of urea groups is 1. The minimum Gasteiger partial charge on any atom is -0.347 e. The molecule has 2 aromatic carbocycles. The minimum absolute atomic E-state index is 0.220. The fraction of sp³-hybridized carbons (Fsp3) is 0.333. The first-order valence-electron chi connectivity index (χ1n) is 10.8. The smallest absolute Gasteiger partial charge is 0.319 e. The van der Waals surface area contributed by atoms with E-state index < -0.39 is 0 Å². The van der Waals surface area contributed by atoms with E-state index in [9.17, 15) is 4.79 Å². The zero-order valence-electron chi connectivity index (χ0n) is 18.0. The van der Waals surface area contributed by atoms with Crippen molar-refractivity contribution in [2.24, 2.45) is 5.92 Å². The predicted octanol–water partition coefficient (Wildman–Crippen LogP) is 4.35. The highest BCUT2D eigenvalue weighted by atomic mass is 32.1. The number of rotatable bonds is 6. The summed E-state index contributed by atoms with van der Waals surface area (Å²) in [7, 11) is 0. The maximum atomic E-state index is 12.2. The van der Waals surface area contributed by atoms with E-state index in [1.807, 2.05) is 0 Å².